The number of rotatable bonds is 6. The molecule has 3 fully saturated rings. The summed E-state index contributed by atoms with van der Waals surface area (Å²) in [6.45, 7) is 0.350. The number of carbonyl (C=O) groups excluding carboxylic acids is 4. The van der Waals surface area contributed by atoms with Crippen LogP contribution in [-0.2, 0) is 32.3 Å². The third-order valence-corrected chi connectivity index (χ3v) is 9.78. The highest BCUT2D eigenvalue weighted by atomic mass is 16.5. The normalized spacial score (nSPS) is 28.0. The minimum Gasteiger partial charge on any atom is -0.504 e. The minimum atomic E-state index is -0.735. The quantitative estimate of drug-likeness (QED) is 0.344. The van der Waals surface area contributed by atoms with Crippen molar-refractivity contribution in [3.05, 3.63) is 107 Å². The summed E-state index contributed by atoms with van der Waals surface area (Å²) in [4.78, 5) is 58.4. The van der Waals surface area contributed by atoms with Gasteiger partial charge in [-0.3, -0.25) is 29.0 Å². The van der Waals surface area contributed by atoms with E-state index < -0.39 is 35.5 Å². The van der Waals surface area contributed by atoms with Crippen molar-refractivity contribution in [3.63, 3.8) is 0 Å². The molecule has 218 valence electrons. The van der Waals surface area contributed by atoms with Gasteiger partial charge in [-0.25, -0.2) is 0 Å². The van der Waals surface area contributed by atoms with Gasteiger partial charge in [-0.05, 0) is 36.0 Å². The standard InChI is InChI=1S/C35H32N2O6/c1-43-27-14-8-13-23(31(27)38)28-22-15-16-24-29(34(41)36(32(24)39)18-20-9-4-2-5-10-20)25(22)17-26-30(28)35(42)37(33(26)40)19-21-11-6-3-7-12-21/h2-15,24-26,28-30,38H,16-19H2,1H3/t24-,25+,26+,28+,29-,30+/m0/s1. The Morgan fingerprint density at radius 3 is 1.88 bits per heavy atom. The van der Waals surface area contributed by atoms with Crippen molar-refractivity contribution in [3.8, 4) is 11.5 Å². The molecule has 1 saturated carbocycles. The smallest absolute Gasteiger partial charge is 0.234 e. The van der Waals surface area contributed by atoms with Gasteiger partial charge in [-0.2, -0.15) is 0 Å². The zero-order valence-corrected chi connectivity index (χ0v) is 23.8. The van der Waals surface area contributed by atoms with Crippen molar-refractivity contribution >= 4 is 23.6 Å². The van der Waals surface area contributed by atoms with Gasteiger partial charge in [0.05, 0.1) is 43.9 Å². The maximum Gasteiger partial charge on any atom is 0.234 e. The molecule has 2 aliphatic carbocycles. The molecule has 6 atom stereocenters. The lowest BCUT2D eigenvalue weighted by molar-refractivity contribution is -0.142. The van der Waals surface area contributed by atoms with Crippen molar-refractivity contribution in [1.29, 1.82) is 0 Å². The van der Waals surface area contributed by atoms with Crippen LogP contribution >= 0.6 is 0 Å². The summed E-state index contributed by atoms with van der Waals surface area (Å²) >= 11 is 0. The van der Waals surface area contributed by atoms with Crippen LogP contribution in [0.1, 0.15) is 35.4 Å². The number of methoxy groups -OCH3 is 1. The number of benzene rings is 3. The third kappa shape index (κ3) is 4.27. The molecule has 3 aromatic rings. The van der Waals surface area contributed by atoms with Crippen molar-refractivity contribution in [2.75, 3.05) is 7.11 Å². The zero-order chi connectivity index (χ0) is 29.8. The Hall–Kier alpha value is -4.72. The first-order chi connectivity index (χ1) is 20.9. The summed E-state index contributed by atoms with van der Waals surface area (Å²) in [6, 6.07) is 24.0. The summed E-state index contributed by atoms with van der Waals surface area (Å²) < 4.78 is 5.41. The van der Waals surface area contributed by atoms with Crippen LogP contribution in [0, 0.1) is 29.6 Å². The first-order valence-corrected chi connectivity index (χ1v) is 14.7. The number of hydrogen-bond donors (Lipinski definition) is 1. The average Bonchev–Trinajstić information content (AvgIpc) is 3.41. The van der Waals surface area contributed by atoms with Gasteiger partial charge in [-0.15, -0.1) is 0 Å². The molecule has 0 aromatic heterocycles. The fourth-order valence-corrected chi connectivity index (χ4v) is 7.87. The molecule has 3 aromatic carbocycles. The Morgan fingerprint density at radius 1 is 0.698 bits per heavy atom. The average molecular weight is 577 g/mol. The van der Waals surface area contributed by atoms with Gasteiger partial charge in [0.2, 0.25) is 23.6 Å². The van der Waals surface area contributed by atoms with E-state index in [4.69, 9.17) is 4.74 Å². The molecule has 8 heteroatoms. The van der Waals surface area contributed by atoms with E-state index in [0.29, 0.717) is 18.4 Å². The maximum atomic E-state index is 14.1. The molecule has 4 amide bonds. The van der Waals surface area contributed by atoms with Crippen LogP contribution in [-0.4, -0.2) is 45.6 Å². The SMILES string of the molecule is COc1cccc([C@H]2C3=CC[C@@H]4C(=O)N(Cc5ccccc5)C(=O)[C@@H]4[C@@H]3C[C@H]3C(=O)N(Cc4ccccc4)C(=O)[C@@H]23)c1O. The minimum absolute atomic E-state index is 0.0845. The lowest BCUT2D eigenvalue weighted by Gasteiger charge is -2.44. The lowest BCUT2D eigenvalue weighted by atomic mass is 9.57. The second-order valence-electron chi connectivity index (χ2n) is 11.9. The Morgan fingerprint density at radius 2 is 1.28 bits per heavy atom. The molecule has 0 bridgehead atoms. The van der Waals surface area contributed by atoms with E-state index >= 15 is 0 Å². The highest BCUT2D eigenvalue weighted by molar-refractivity contribution is 6.08. The van der Waals surface area contributed by atoms with Crippen LogP contribution in [0.15, 0.2) is 90.5 Å². The highest BCUT2D eigenvalue weighted by Gasteiger charge is 2.62. The van der Waals surface area contributed by atoms with Crippen molar-refractivity contribution in [2.24, 2.45) is 29.6 Å². The fraction of sp³-hybridized carbons (Fsp3) is 0.314. The summed E-state index contributed by atoms with van der Waals surface area (Å²) in [5, 5.41) is 11.3. The number of ether oxygens (including phenoxy) is 1. The molecule has 0 radical (unpaired) electrons. The fourth-order valence-electron chi connectivity index (χ4n) is 7.87. The molecule has 0 unspecified atom stereocenters. The molecule has 1 N–H and O–H groups in total. The number of likely N-dealkylation sites (tertiary alicyclic amines) is 2. The summed E-state index contributed by atoms with van der Waals surface area (Å²) in [7, 11) is 1.46. The molecule has 2 saturated heterocycles. The van der Waals surface area contributed by atoms with Crippen molar-refractivity contribution < 1.29 is 29.0 Å². The number of allylic oxidation sites excluding steroid dienone is 2. The van der Waals surface area contributed by atoms with Crippen LogP contribution in [0.25, 0.3) is 0 Å². The summed E-state index contributed by atoms with van der Waals surface area (Å²) in [5.74, 6) is -4.42. The molecule has 4 aliphatic rings. The first kappa shape index (κ1) is 27.1. The van der Waals surface area contributed by atoms with E-state index in [1.54, 1.807) is 18.2 Å². The summed E-state index contributed by atoms with van der Waals surface area (Å²) in [6.07, 6.45) is 2.65. The van der Waals surface area contributed by atoms with Gasteiger partial charge in [0.15, 0.2) is 11.5 Å². The van der Waals surface area contributed by atoms with E-state index in [9.17, 15) is 24.3 Å². The Bertz CT molecular complexity index is 1650. The van der Waals surface area contributed by atoms with Gasteiger partial charge < -0.3 is 9.84 Å². The number of phenolic OH excluding ortho intramolecular Hbond substituents is 1. The molecule has 7 rings (SSSR count). The number of imide groups is 2. The van der Waals surface area contributed by atoms with E-state index in [-0.39, 0.29) is 48.2 Å². The number of para-hydroxylation sites is 1. The number of aromatic hydroxyl groups is 1. The highest BCUT2D eigenvalue weighted by Crippen LogP contribution is 2.59. The molecule has 2 aliphatic heterocycles. The van der Waals surface area contributed by atoms with E-state index in [1.807, 2.05) is 66.7 Å². The van der Waals surface area contributed by atoms with Gasteiger partial charge in [0, 0.05) is 11.5 Å². The van der Waals surface area contributed by atoms with Gasteiger partial charge in [-0.1, -0.05) is 84.4 Å². The Kier molecular flexibility index (Phi) is 6.64. The monoisotopic (exact) mass is 576 g/mol. The topological polar surface area (TPSA) is 104 Å². The van der Waals surface area contributed by atoms with Crippen LogP contribution < -0.4 is 4.74 Å². The van der Waals surface area contributed by atoms with Crippen molar-refractivity contribution in [1.82, 2.24) is 9.80 Å². The number of carbonyl (C=O) groups is 4. The largest absolute Gasteiger partial charge is 0.504 e. The van der Waals surface area contributed by atoms with Gasteiger partial charge in [0.25, 0.3) is 0 Å². The van der Waals surface area contributed by atoms with E-state index in [1.165, 1.54) is 16.9 Å². The van der Waals surface area contributed by atoms with Crippen LogP contribution in [0.2, 0.25) is 0 Å². The van der Waals surface area contributed by atoms with Gasteiger partial charge in [0.1, 0.15) is 0 Å². The molecule has 43 heavy (non-hydrogen) atoms. The van der Waals surface area contributed by atoms with E-state index in [2.05, 4.69) is 0 Å². The maximum absolute atomic E-state index is 14.1. The van der Waals surface area contributed by atoms with Crippen LogP contribution in [0.5, 0.6) is 11.5 Å². The molecule has 0 spiro atoms. The Balaban J connectivity index is 1.30. The molecular formula is C35H32N2O6. The summed E-state index contributed by atoms with van der Waals surface area (Å²) in [5.41, 5.74) is 3.04. The predicted octanol–water partition coefficient (Wildman–Crippen LogP) is 4.44. The number of fused-ring (bicyclic) bond motifs is 4. The second kappa shape index (κ2) is 10.5. The first-order valence-electron chi connectivity index (χ1n) is 14.7. The predicted molar refractivity (Wildman–Crippen MR) is 156 cm³/mol. The van der Waals surface area contributed by atoms with Gasteiger partial charge >= 0.3 is 0 Å². The molecule has 8 nitrogen and oxygen atoms in total. The second-order valence-corrected chi connectivity index (χ2v) is 11.9. The zero-order valence-electron chi connectivity index (χ0n) is 23.8. The number of nitrogens with zero attached hydrogens (tertiary/aromatic N) is 2. The number of amides is 4. The number of hydrogen-bond acceptors (Lipinski definition) is 6. The van der Waals surface area contributed by atoms with Crippen LogP contribution in [0.4, 0.5) is 0 Å². The Labute approximate surface area is 249 Å². The third-order valence-electron chi connectivity index (χ3n) is 9.78. The lowest BCUT2D eigenvalue weighted by Crippen LogP contribution is -2.43. The molecular weight excluding hydrogens is 544 g/mol. The molecule has 2 heterocycles. The van der Waals surface area contributed by atoms with Crippen molar-refractivity contribution in [2.45, 2.75) is 31.8 Å². The van der Waals surface area contributed by atoms with E-state index in [0.717, 1.165) is 16.7 Å². The van der Waals surface area contributed by atoms with Crippen LogP contribution in [0.3, 0.4) is 0 Å². The number of phenols is 1.